The van der Waals surface area contributed by atoms with Crippen molar-refractivity contribution in [1.29, 1.82) is 0 Å². The number of hydrogen-bond acceptors (Lipinski definition) is 3. The summed E-state index contributed by atoms with van der Waals surface area (Å²) < 4.78 is 0. The summed E-state index contributed by atoms with van der Waals surface area (Å²) in [6, 6.07) is 66.7. The lowest BCUT2D eigenvalue weighted by Gasteiger charge is -2.39. The molecular weight excluding hydrogens is 615 g/mol. The quantitative estimate of drug-likeness (QED) is 0.181. The van der Waals surface area contributed by atoms with E-state index in [1.807, 2.05) is 24.3 Å². The van der Waals surface area contributed by atoms with Gasteiger partial charge in [-0.1, -0.05) is 146 Å². The molecular formula is C45H31N3S. The Kier molecular flexibility index (Phi) is 7.22. The van der Waals surface area contributed by atoms with E-state index in [1.54, 1.807) is 0 Å². The van der Waals surface area contributed by atoms with Crippen LogP contribution in [0.15, 0.2) is 208 Å². The minimum absolute atomic E-state index is 0.648. The minimum atomic E-state index is -1.80. The number of rotatable bonds is 6. The van der Waals surface area contributed by atoms with Crippen LogP contribution in [0.3, 0.4) is 0 Å². The van der Waals surface area contributed by atoms with Gasteiger partial charge in [-0.05, 0) is 59.2 Å². The van der Waals surface area contributed by atoms with Crippen LogP contribution in [0, 0.1) is 0 Å². The number of nitrogens with zero attached hydrogens (tertiary/aromatic N) is 3. The second-order valence-electron chi connectivity index (χ2n) is 12.0. The molecule has 0 saturated carbocycles. The molecule has 0 bridgehead atoms. The molecule has 0 unspecified atom stereocenters. The van der Waals surface area contributed by atoms with Crippen LogP contribution in [0.1, 0.15) is 0 Å². The fraction of sp³-hybridized carbons (Fsp3) is 0. The Balaban J connectivity index is 1.32. The van der Waals surface area contributed by atoms with Gasteiger partial charge in [-0.25, -0.2) is 15.0 Å². The van der Waals surface area contributed by atoms with Gasteiger partial charge in [-0.2, -0.15) is 0 Å². The molecule has 0 amide bonds. The van der Waals surface area contributed by atoms with Crippen LogP contribution in [-0.4, -0.2) is 15.0 Å². The highest BCUT2D eigenvalue weighted by molar-refractivity contribution is 8.34. The van der Waals surface area contributed by atoms with E-state index in [1.165, 1.54) is 30.7 Å². The summed E-state index contributed by atoms with van der Waals surface area (Å²) in [5.41, 5.74) is 7.60. The van der Waals surface area contributed by atoms with E-state index < -0.39 is 10.0 Å². The van der Waals surface area contributed by atoms with Crippen LogP contribution in [0.4, 0.5) is 0 Å². The summed E-state index contributed by atoms with van der Waals surface area (Å²) in [6.07, 6.45) is 0. The first-order chi connectivity index (χ1) is 24.3. The van der Waals surface area contributed by atoms with Crippen molar-refractivity contribution in [3.63, 3.8) is 0 Å². The Bertz CT molecular complexity index is 2390. The van der Waals surface area contributed by atoms with Crippen LogP contribution >= 0.6 is 10.0 Å². The molecule has 0 radical (unpaired) electrons. The number of hydrogen-bond donors (Lipinski definition) is 0. The monoisotopic (exact) mass is 645 g/mol. The van der Waals surface area contributed by atoms with Crippen LogP contribution in [0.2, 0.25) is 0 Å². The van der Waals surface area contributed by atoms with E-state index in [9.17, 15) is 0 Å². The summed E-state index contributed by atoms with van der Waals surface area (Å²) >= 11 is 0. The van der Waals surface area contributed by atoms with Crippen LogP contribution in [0.25, 0.3) is 56.4 Å². The average Bonchev–Trinajstić information content (AvgIpc) is 3.50. The molecule has 1 aliphatic rings. The fourth-order valence-corrected chi connectivity index (χ4v) is 11.3. The predicted octanol–water partition coefficient (Wildman–Crippen LogP) is 11.9. The Labute approximate surface area is 288 Å². The summed E-state index contributed by atoms with van der Waals surface area (Å²) in [4.78, 5) is 20.8. The van der Waals surface area contributed by atoms with E-state index in [2.05, 4.69) is 164 Å². The number of fused-ring (bicyclic) bond motifs is 3. The van der Waals surface area contributed by atoms with Crippen molar-refractivity contribution < 1.29 is 0 Å². The second-order valence-corrected chi connectivity index (χ2v) is 15.1. The summed E-state index contributed by atoms with van der Waals surface area (Å²) in [5.74, 6) is 1.96. The summed E-state index contributed by atoms with van der Waals surface area (Å²) in [7, 11) is -1.80. The van der Waals surface area contributed by atoms with Gasteiger partial charge < -0.3 is 0 Å². The van der Waals surface area contributed by atoms with Gasteiger partial charge in [0.05, 0.1) is 0 Å². The SMILES string of the molecule is c1ccc(-c2cccc(-c3nc(-c4ccccc4)nc(-c4cccc5c4-c4ccccc4S5(c4ccccc4)c4ccccc4)n3)c2)cc1. The third kappa shape index (κ3) is 4.88. The van der Waals surface area contributed by atoms with E-state index >= 15 is 0 Å². The van der Waals surface area contributed by atoms with Crippen molar-refractivity contribution in [2.45, 2.75) is 19.6 Å². The van der Waals surface area contributed by atoms with Gasteiger partial charge >= 0.3 is 0 Å². The van der Waals surface area contributed by atoms with Gasteiger partial charge in [0.2, 0.25) is 0 Å². The molecule has 0 saturated heterocycles. The minimum Gasteiger partial charge on any atom is -0.208 e. The molecule has 0 spiro atoms. The van der Waals surface area contributed by atoms with Gasteiger partial charge in [0.1, 0.15) is 0 Å². The maximum atomic E-state index is 5.26. The number of benzene rings is 7. The lowest BCUT2D eigenvalue weighted by Crippen LogP contribution is -2.03. The Morgan fingerprint density at radius 1 is 0.306 bits per heavy atom. The third-order valence-electron chi connectivity index (χ3n) is 9.17. The molecule has 0 atom stereocenters. The zero-order valence-electron chi connectivity index (χ0n) is 26.6. The standard InChI is InChI=1S/C45H31N3S/c1-5-17-32(18-6-1)34-21-15-22-35(31-34)44-46-43(33-19-7-2-8-20-33)47-45(48-44)39-28-16-30-41-42(39)38-27-13-14-29-40(38)49(41,36-23-9-3-10-24-36)37-25-11-4-12-26-37/h1-31H. The number of aromatic nitrogens is 3. The van der Waals surface area contributed by atoms with Crippen LogP contribution in [-0.2, 0) is 0 Å². The van der Waals surface area contributed by atoms with Gasteiger partial charge in [0, 0.05) is 41.8 Å². The maximum Gasteiger partial charge on any atom is 0.164 e. The molecule has 232 valence electrons. The highest BCUT2D eigenvalue weighted by Crippen LogP contribution is 2.80. The van der Waals surface area contributed by atoms with Gasteiger partial charge in [-0.15, -0.1) is 10.0 Å². The van der Waals surface area contributed by atoms with Gasteiger partial charge in [0.25, 0.3) is 0 Å². The van der Waals surface area contributed by atoms with Crippen molar-refractivity contribution >= 4 is 10.0 Å². The van der Waals surface area contributed by atoms with Crippen LogP contribution < -0.4 is 0 Å². The van der Waals surface area contributed by atoms with Crippen molar-refractivity contribution in [2.24, 2.45) is 0 Å². The van der Waals surface area contributed by atoms with E-state index in [4.69, 9.17) is 15.0 Å². The van der Waals surface area contributed by atoms with Crippen molar-refractivity contribution in [2.75, 3.05) is 0 Å². The molecule has 8 aromatic rings. The molecule has 0 aliphatic carbocycles. The zero-order valence-corrected chi connectivity index (χ0v) is 27.5. The molecule has 4 heteroatoms. The van der Waals surface area contributed by atoms with Crippen molar-refractivity contribution in [3.05, 3.63) is 188 Å². The smallest absolute Gasteiger partial charge is 0.164 e. The fourth-order valence-electron chi connectivity index (χ4n) is 7.01. The molecule has 7 aromatic carbocycles. The molecule has 2 heterocycles. The van der Waals surface area contributed by atoms with E-state index in [0.717, 1.165) is 27.8 Å². The lowest BCUT2D eigenvalue weighted by molar-refractivity contribution is 1.07. The first kappa shape index (κ1) is 29.1. The Morgan fingerprint density at radius 2 is 0.755 bits per heavy atom. The maximum absolute atomic E-state index is 5.26. The topological polar surface area (TPSA) is 38.7 Å². The second kappa shape index (κ2) is 12.2. The molecule has 1 aliphatic heterocycles. The first-order valence-corrected chi connectivity index (χ1v) is 18.1. The summed E-state index contributed by atoms with van der Waals surface area (Å²) in [5, 5.41) is 0. The van der Waals surface area contributed by atoms with E-state index in [-0.39, 0.29) is 0 Å². The normalized spacial score (nSPS) is 13.3. The lowest BCUT2D eigenvalue weighted by atomic mass is 9.99. The molecule has 3 nitrogen and oxygen atoms in total. The molecule has 49 heavy (non-hydrogen) atoms. The first-order valence-electron chi connectivity index (χ1n) is 16.4. The summed E-state index contributed by atoms with van der Waals surface area (Å²) in [6.45, 7) is 0. The van der Waals surface area contributed by atoms with Gasteiger partial charge in [-0.3, -0.25) is 0 Å². The van der Waals surface area contributed by atoms with Crippen molar-refractivity contribution in [3.8, 4) is 56.4 Å². The zero-order chi connectivity index (χ0) is 32.6. The van der Waals surface area contributed by atoms with Gasteiger partial charge in [0.15, 0.2) is 17.5 Å². The highest BCUT2D eigenvalue weighted by Gasteiger charge is 2.43. The Hall–Kier alpha value is -6.10. The molecule has 9 rings (SSSR count). The Morgan fingerprint density at radius 3 is 1.43 bits per heavy atom. The molecule has 0 N–H and O–H groups in total. The molecule has 0 fully saturated rings. The largest absolute Gasteiger partial charge is 0.208 e. The van der Waals surface area contributed by atoms with E-state index in [0.29, 0.717) is 17.5 Å². The molecule has 1 aromatic heterocycles. The average molecular weight is 646 g/mol. The van der Waals surface area contributed by atoms with Crippen LogP contribution in [0.5, 0.6) is 0 Å². The predicted molar refractivity (Wildman–Crippen MR) is 201 cm³/mol. The van der Waals surface area contributed by atoms with Crippen molar-refractivity contribution in [1.82, 2.24) is 15.0 Å². The highest BCUT2D eigenvalue weighted by atomic mass is 32.3. The third-order valence-corrected chi connectivity index (χ3v) is 13.1.